The van der Waals surface area contributed by atoms with Crippen LogP contribution in [-0.2, 0) is 23.8 Å². The summed E-state index contributed by atoms with van der Waals surface area (Å²) >= 11 is 0. The Bertz CT molecular complexity index is 265. The molecule has 8 heteroatoms. The summed E-state index contributed by atoms with van der Waals surface area (Å²) in [5, 5.41) is 24.5. The van der Waals surface area contributed by atoms with E-state index in [1.807, 2.05) is 13.8 Å². The largest absolute Gasteiger partial charge is 0.466 e. The quantitative estimate of drug-likeness (QED) is 0.573. The number of hydrogen-bond acceptors (Lipinski definition) is 8. The third kappa shape index (κ3) is 45.0. The Balaban J connectivity index is -0.000000120. The minimum atomic E-state index is -0.991. The van der Waals surface area contributed by atoms with Crippen LogP contribution in [0.5, 0.6) is 0 Å². The van der Waals surface area contributed by atoms with Crippen LogP contribution in [0.25, 0.3) is 0 Å². The van der Waals surface area contributed by atoms with Crippen molar-refractivity contribution in [1.82, 2.24) is 0 Å². The Labute approximate surface area is 152 Å². The van der Waals surface area contributed by atoms with Gasteiger partial charge in [-0.05, 0) is 41.5 Å². The van der Waals surface area contributed by atoms with E-state index in [1.54, 1.807) is 20.8 Å². The van der Waals surface area contributed by atoms with Gasteiger partial charge in [-0.25, -0.2) is 4.79 Å². The summed E-state index contributed by atoms with van der Waals surface area (Å²) in [5.41, 5.74) is 0. The number of carbonyl (C=O) groups excluding carboxylic acids is 2. The van der Waals surface area contributed by atoms with Crippen LogP contribution in [0.2, 0.25) is 0 Å². The molecule has 8 nitrogen and oxygen atoms in total. The predicted molar refractivity (Wildman–Crippen MR) is 96.2 cm³/mol. The summed E-state index contributed by atoms with van der Waals surface area (Å²) in [6.45, 7) is 14.5. The van der Waals surface area contributed by atoms with Gasteiger partial charge in [0.1, 0.15) is 6.10 Å². The molecule has 2 unspecified atom stereocenters. The van der Waals surface area contributed by atoms with Crippen molar-refractivity contribution < 1.29 is 39.1 Å². The molecule has 3 N–H and O–H groups in total. The lowest BCUT2D eigenvalue weighted by molar-refractivity contribution is -0.151. The molecule has 0 amide bonds. The van der Waals surface area contributed by atoms with E-state index in [1.165, 1.54) is 13.8 Å². The second-order valence-corrected chi connectivity index (χ2v) is 4.40. The van der Waals surface area contributed by atoms with Crippen LogP contribution in [0.4, 0.5) is 0 Å². The fourth-order valence-electron chi connectivity index (χ4n) is 0.730. The first-order chi connectivity index (χ1) is 11.7. The lowest BCUT2D eigenvalue weighted by Gasteiger charge is -2.01. The van der Waals surface area contributed by atoms with E-state index in [9.17, 15) is 9.59 Å². The molecule has 25 heavy (non-hydrogen) atoms. The molecule has 0 rings (SSSR count). The smallest absolute Gasteiger partial charge is 0.334 e. The van der Waals surface area contributed by atoms with Crippen LogP contribution in [0.15, 0.2) is 0 Å². The molecule has 0 spiro atoms. The van der Waals surface area contributed by atoms with Gasteiger partial charge in [0.15, 0.2) is 0 Å². The van der Waals surface area contributed by atoms with Gasteiger partial charge in [-0.15, -0.1) is 0 Å². The highest BCUT2D eigenvalue weighted by atomic mass is 16.5. The Kier molecular flexibility index (Phi) is 34.8. The molecule has 0 aliphatic heterocycles. The zero-order valence-corrected chi connectivity index (χ0v) is 16.8. The Morgan fingerprint density at radius 1 is 0.840 bits per heavy atom. The maximum absolute atomic E-state index is 10.3. The molecule has 0 aliphatic carbocycles. The van der Waals surface area contributed by atoms with Crippen molar-refractivity contribution in [3.05, 3.63) is 0 Å². The van der Waals surface area contributed by atoms with Crippen LogP contribution in [0.3, 0.4) is 0 Å². The fourth-order valence-corrected chi connectivity index (χ4v) is 0.730. The van der Waals surface area contributed by atoms with Gasteiger partial charge in [0, 0.05) is 19.6 Å². The van der Waals surface area contributed by atoms with Crippen molar-refractivity contribution in [2.75, 3.05) is 33.0 Å². The van der Waals surface area contributed by atoms with Crippen molar-refractivity contribution in [3.63, 3.8) is 0 Å². The van der Waals surface area contributed by atoms with Crippen LogP contribution in [0, 0.1) is 0 Å². The third-order valence-corrected chi connectivity index (χ3v) is 1.89. The van der Waals surface area contributed by atoms with Gasteiger partial charge < -0.3 is 29.5 Å². The van der Waals surface area contributed by atoms with Gasteiger partial charge >= 0.3 is 11.9 Å². The van der Waals surface area contributed by atoms with E-state index in [2.05, 4.69) is 9.47 Å². The molecule has 0 aromatic rings. The zero-order chi connectivity index (χ0) is 20.7. The van der Waals surface area contributed by atoms with Crippen molar-refractivity contribution in [2.45, 2.75) is 67.1 Å². The average molecular weight is 370 g/mol. The second kappa shape index (κ2) is 27.6. The molecule has 2 atom stereocenters. The van der Waals surface area contributed by atoms with Crippen molar-refractivity contribution in [2.24, 2.45) is 0 Å². The first-order valence-electron chi connectivity index (χ1n) is 8.54. The molecule has 0 saturated heterocycles. The first kappa shape index (κ1) is 31.5. The molecule has 154 valence electrons. The molecule has 0 aliphatic rings. The first-order valence-corrected chi connectivity index (χ1v) is 8.54. The Morgan fingerprint density at radius 2 is 1.24 bits per heavy atom. The molecular weight excluding hydrogens is 332 g/mol. The highest BCUT2D eigenvalue weighted by molar-refractivity contribution is 5.73. The number of hydrogen-bond donors (Lipinski definition) is 3. The number of rotatable bonds is 7. The van der Waals surface area contributed by atoms with Gasteiger partial charge in [-0.2, -0.15) is 0 Å². The number of ether oxygens (including phenoxy) is 3. The topological polar surface area (TPSA) is 123 Å². The highest BCUT2D eigenvalue weighted by Gasteiger charge is 2.07. The van der Waals surface area contributed by atoms with E-state index in [-0.39, 0.29) is 12.6 Å². The van der Waals surface area contributed by atoms with Gasteiger partial charge in [-0.3, -0.25) is 4.79 Å². The Morgan fingerprint density at radius 3 is 1.32 bits per heavy atom. The van der Waals surface area contributed by atoms with Crippen LogP contribution in [0.1, 0.15) is 54.9 Å². The molecular formula is C17H38O8. The summed E-state index contributed by atoms with van der Waals surface area (Å²) in [6.07, 6.45) is -1.07. The third-order valence-electron chi connectivity index (χ3n) is 1.89. The van der Waals surface area contributed by atoms with Crippen LogP contribution in [-0.4, -0.2) is 72.5 Å². The summed E-state index contributed by atoms with van der Waals surface area (Å²) in [4.78, 5) is 20.5. The van der Waals surface area contributed by atoms with Gasteiger partial charge in [0.25, 0.3) is 0 Å². The van der Waals surface area contributed by atoms with Crippen molar-refractivity contribution in [3.8, 4) is 0 Å². The standard InChI is InChI=1S/C5H10O3.C5H10O2.C4H10O.C3H8O2/c1-3-8-5(7)4(2)6;1-3-5(6)7-4-2;1-3-5-4-2;1-3(5)2-4/h4,6H,3H2,1-2H3;3-4H2,1-2H3;3-4H2,1-2H3;3-5H,2H2,1H3. The predicted octanol–water partition coefficient (Wildman–Crippen LogP) is 1.29. The Hall–Kier alpha value is -1.22. The normalized spacial score (nSPS) is 11.1. The minimum absolute atomic E-state index is 0.123. The lowest BCUT2D eigenvalue weighted by Crippen LogP contribution is -2.18. The van der Waals surface area contributed by atoms with Gasteiger partial charge in [-0.1, -0.05) is 6.92 Å². The van der Waals surface area contributed by atoms with E-state index in [0.29, 0.717) is 19.6 Å². The number of esters is 2. The zero-order valence-electron chi connectivity index (χ0n) is 16.8. The fraction of sp³-hybridized carbons (Fsp3) is 0.882. The lowest BCUT2D eigenvalue weighted by atomic mass is 10.4. The van der Waals surface area contributed by atoms with E-state index in [0.717, 1.165) is 13.2 Å². The van der Waals surface area contributed by atoms with Crippen LogP contribution >= 0.6 is 0 Å². The number of aliphatic hydroxyl groups excluding tert-OH is 3. The maximum Gasteiger partial charge on any atom is 0.334 e. The van der Waals surface area contributed by atoms with E-state index in [4.69, 9.17) is 20.1 Å². The molecule has 0 radical (unpaired) electrons. The molecule has 0 heterocycles. The second-order valence-electron chi connectivity index (χ2n) is 4.40. The average Bonchev–Trinajstić information content (AvgIpc) is 2.57. The van der Waals surface area contributed by atoms with Crippen molar-refractivity contribution >= 4 is 11.9 Å². The maximum atomic E-state index is 10.3. The van der Waals surface area contributed by atoms with Crippen LogP contribution < -0.4 is 0 Å². The minimum Gasteiger partial charge on any atom is -0.466 e. The number of carbonyl (C=O) groups is 2. The van der Waals surface area contributed by atoms with E-state index >= 15 is 0 Å². The van der Waals surface area contributed by atoms with E-state index < -0.39 is 18.2 Å². The summed E-state index contributed by atoms with van der Waals surface area (Å²) in [6, 6.07) is 0. The highest BCUT2D eigenvalue weighted by Crippen LogP contribution is 1.84. The molecule has 0 aromatic carbocycles. The number of aliphatic hydroxyl groups is 3. The molecule has 0 saturated carbocycles. The molecule has 0 aromatic heterocycles. The molecule has 0 bridgehead atoms. The molecule has 0 fully saturated rings. The SMILES string of the molecule is CC(O)CO.CCOC(=O)C(C)O.CCOC(=O)CC.CCOCC. The summed E-state index contributed by atoms with van der Waals surface area (Å²) in [7, 11) is 0. The van der Waals surface area contributed by atoms with Gasteiger partial charge in [0.2, 0.25) is 0 Å². The van der Waals surface area contributed by atoms with Crippen molar-refractivity contribution in [1.29, 1.82) is 0 Å². The summed E-state index contributed by atoms with van der Waals surface area (Å²) in [5.74, 6) is -0.685. The monoisotopic (exact) mass is 370 g/mol. The summed E-state index contributed by atoms with van der Waals surface area (Å²) < 4.78 is 13.8. The van der Waals surface area contributed by atoms with Gasteiger partial charge in [0.05, 0.1) is 25.9 Å².